The van der Waals surface area contributed by atoms with E-state index in [0.29, 0.717) is 5.58 Å². The Bertz CT molecular complexity index is 965. The summed E-state index contributed by atoms with van der Waals surface area (Å²) in [4.78, 5) is 17.0. The fourth-order valence-electron chi connectivity index (χ4n) is 3.89. The third-order valence-electron chi connectivity index (χ3n) is 5.31. The van der Waals surface area contributed by atoms with E-state index in [1.807, 2.05) is 13.0 Å². The van der Waals surface area contributed by atoms with Gasteiger partial charge in [0.1, 0.15) is 5.58 Å². The van der Waals surface area contributed by atoms with Gasteiger partial charge in [0.15, 0.2) is 0 Å². The molecule has 0 spiro atoms. The largest absolute Gasteiger partial charge is 0.423 e. The average molecular weight is 362 g/mol. The summed E-state index contributed by atoms with van der Waals surface area (Å²) in [5.41, 5.74) is 3.97. The smallest absolute Gasteiger partial charge is 0.336 e. The summed E-state index contributed by atoms with van der Waals surface area (Å²) in [5.74, 6) is 0. The second-order valence-corrected chi connectivity index (χ2v) is 7.48. The lowest BCUT2D eigenvalue weighted by Gasteiger charge is -2.22. The fraction of sp³-hybridized carbons (Fsp3) is 0.348. The minimum atomic E-state index is -0.261. The maximum Gasteiger partial charge on any atom is 0.336 e. The molecule has 140 valence electrons. The fourth-order valence-corrected chi connectivity index (χ4v) is 3.89. The van der Waals surface area contributed by atoms with Crippen LogP contribution in [0, 0.1) is 6.92 Å². The molecular formula is C23H26N2O2. The number of benzene rings is 2. The summed E-state index contributed by atoms with van der Waals surface area (Å²) >= 11 is 0. The number of rotatable bonds is 4. The number of fused-ring (bicyclic) bond motifs is 1. The molecule has 4 rings (SSSR count). The Morgan fingerprint density at radius 2 is 1.63 bits per heavy atom. The first-order valence-electron chi connectivity index (χ1n) is 9.69. The zero-order chi connectivity index (χ0) is 18.6. The molecule has 0 aliphatic carbocycles. The second kappa shape index (κ2) is 8.07. The summed E-state index contributed by atoms with van der Waals surface area (Å²) in [6, 6.07) is 18.4. The second-order valence-electron chi connectivity index (χ2n) is 7.48. The van der Waals surface area contributed by atoms with Crippen LogP contribution in [0.15, 0.2) is 63.8 Å². The van der Waals surface area contributed by atoms with E-state index in [-0.39, 0.29) is 5.63 Å². The van der Waals surface area contributed by atoms with Gasteiger partial charge in [0.25, 0.3) is 0 Å². The van der Waals surface area contributed by atoms with Crippen LogP contribution in [0.4, 0.5) is 0 Å². The van der Waals surface area contributed by atoms with E-state index in [1.165, 1.54) is 5.56 Å². The van der Waals surface area contributed by atoms with Crippen LogP contribution in [0.1, 0.15) is 23.1 Å². The lowest BCUT2D eigenvalue weighted by molar-refractivity contribution is 0.247. The molecule has 0 unspecified atom stereocenters. The Morgan fingerprint density at radius 3 is 2.41 bits per heavy atom. The molecule has 4 heteroatoms. The van der Waals surface area contributed by atoms with Crippen LogP contribution in [0.3, 0.4) is 0 Å². The first-order valence-corrected chi connectivity index (χ1v) is 9.69. The predicted octanol–water partition coefficient (Wildman–Crippen LogP) is 3.81. The molecule has 2 aromatic carbocycles. The van der Waals surface area contributed by atoms with Crippen molar-refractivity contribution in [2.24, 2.45) is 0 Å². The van der Waals surface area contributed by atoms with Crippen molar-refractivity contribution in [3.63, 3.8) is 0 Å². The molecule has 0 saturated carbocycles. The highest BCUT2D eigenvalue weighted by Crippen LogP contribution is 2.20. The number of aryl methyl sites for hydroxylation is 1. The Balaban J connectivity index is 1.46. The molecule has 1 saturated heterocycles. The van der Waals surface area contributed by atoms with Gasteiger partial charge in [0.2, 0.25) is 0 Å². The molecule has 1 aliphatic rings. The van der Waals surface area contributed by atoms with Crippen LogP contribution in [0.2, 0.25) is 0 Å². The monoisotopic (exact) mass is 362 g/mol. The molecule has 4 nitrogen and oxygen atoms in total. The van der Waals surface area contributed by atoms with Crippen LogP contribution in [-0.2, 0) is 13.1 Å². The number of nitrogens with zero attached hydrogens (tertiary/aromatic N) is 2. The van der Waals surface area contributed by atoms with Gasteiger partial charge >= 0.3 is 5.63 Å². The van der Waals surface area contributed by atoms with Crippen molar-refractivity contribution in [3.05, 3.63) is 81.7 Å². The van der Waals surface area contributed by atoms with Gasteiger partial charge in [-0.25, -0.2) is 4.79 Å². The molecule has 0 atom stereocenters. The highest BCUT2D eigenvalue weighted by Gasteiger charge is 2.17. The Morgan fingerprint density at radius 1 is 0.889 bits per heavy atom. The van der Waals surface area contributed by atoms with Crippen molar-refractivity contribution in [2.75, 3.05) is 26.2 Å². The average Bonchev–Trinajstić information content (AvgIpc) is 2.87. The summed E-state index contributed by atoms with van der Waals surface area (Å²) in [5, 5.41) is 1.05. The third kappa shape index (κ3) is 4.46. The van der Waals surface area contributed by atoms with Crippen LogP contribution >= 0.6 is 0 Å². The van der Waals surface area contributed by atoms with E-state index in [1.54, 1.807) is 6.07 Å². The van der Waals surface area contributed by atoms with Gasteiger partial charge in [-0.3, -0.25) is 9.80 Å². The quantitative estimate of drug-likeness (QED) is 0.662. The van der Waals surface area contributed by atoms with Crippen molar-refractivity contribution < 1.29 is 4.42 Å². The Kier molecular flexibility index (Phi) is 5.37. The van der Waals surface area contributed by atoms with Crippen LogP contribution in [0.25, 0.3) is 11.0 Å². The lowest BCUT2D eigenvalue weighted by Crippen LogP contribution is -2.30. The summed E-state index contributed by atoms with van der Waals surface area (Å²) in [6.45, 7) is 8.05. The molecule has 27 heavy (non-hydrogen) atoms. The first kappa shape index (κ1) is 18.0. The highest BCUT2D eigenvalue weighted by molar-refractivity contribution is 5.80. The normalized spacial score (nSPS) is 16.5. The zero-order valence-electron chi connectivity index (χ0n) is 15.9. The zero-order valence-corrected chi connectivity index (χ0v) is 15.9. The molecule has 1 aromatic heterocycles. The minimum Gasteiger partial charge on any atom is -0.423 e. The first-order chi connectivity index (χ1) is 13.2. The van der Waals surface area contributed by atoms with Gasteiger partial charge in [-0.2, -0.15) is 0 Å². The SMILES string of the molecule is Cc1ccc2c(CN3CCCN(Cc4ccccc4)CC3)cc(=O)oc2c1. The topological polar surface area (TPSA) is 36.7 Å². The van der Waals surface area contributed by atoms with Crippen LogP contribution in [0.5, 0.6) is 0 Å². The van der Waals surface area contributed by atoms with Crippen LogP contribution in [-0.4, -0.2) is 36.0 Å². The summed E-state index contributed by atoms with van der Waals surface area (Å²) in [6.07, 6.45) is 1.14. The predicted molar refractivity (Wildman–Crippen MR) is 109 cm³/mol. The van der Waals surface area contributed by atoms with Gasteiger partial charge in [-0.05, 0) is 49.2 Å². The summed E-state index contributed by atoms with van der Waals surface area (Å²) in [7, 11) is 0. The van der Waals surface area contributed by atoms with Crippen molar-refractivity contribution in [1.29, 1.82) is 0 Å². The number of hydrogen-bond donors (Lipinski definition) is 0. The molecule has 1 aliphatic heterocycles. The van der Waals surface area contributed by atoms with Gasteiger partial charge in [0, 0.05) is 37.6 Å². The highest BCUT2D eigenvalue weighted by atomic mass is 16.4. The number of hydrogen-bond acceptors (Lipinski definition) is 4. The summed E-state index contributed by atoms with van der Waals surface area (Å²) < 4.78 is 5.40. The van der Waals surface area contributed by atoms with Crippen molar-refractivity contribution in [2.45, 2.75) is 26.4 Å². The molecule has 3 aromatic rings. The lowest BCUT2D eigenvalue weighted by atomic mass is 10.1. The molecule has 1 fully saturated rings. The Labute approximate surface area is 160 Å². The molecular weight excluding hydrogens is 336 g/mol. The van der Waals surface area contributed by atoms with Crippen LogP contribution < -0.4 is 5.63 Å². The van der Waals surface area contributed by atoms with Gasteiger partial charge in [0.05, 0.1) is 0 Å². The van der Waals surface area contributed by atoms with E-state index < -0.39 is 0 Å². The standard InChI is InChI=1S/C23H26N2O2/c1-18-8-9-21-20(15-23(26)27-22(21)14-18)17-25-11-5-10-24(12-13-25)16-19-6-3-2-4-7-19/h2-4,6-9,14-15H,5,10-13,16-17H2,1H3. The van der Waals surface area contributed by atoms with Crippen molar-refractivity contribution in [3.8, 4) is 0 Å². The molecule has 0 amide bonds. The van der Waals surface area contributed by atoms with Crippen molar-refractivity contribution in [1.82, 2.24) is 9.80 Å². The van der Waals surface area contributed by atoms with E-state index >= 15 is 0 Å². The van der Waals surface area contributed by atoms with Gasteiger partial charge in [-0.1, -0.05) is 42.5 Å². The molecule has 0 bridgehead atoms. The van der Waals surface area contributed by atoms with Crippen molar-refractivity contribution >= 4 is 11.0 Å². The maximum atomic E-state index is 12.0. The Hall–Kier alpha value is -2.43. The molecule has 0 radical (unpaired) electrons. The van der Waals surface area contributed by atoms with E-state index in [2.05, 4.69) is 52.3 Å². The van der Waals surface area contributed by atoms with E-state index in [4.69, 9.17) is 4.42 Å². The minimum absolute atomic E-state index is 0.261. The van der Waals surface area contributed by atoms with Gasteiger partial charge in [-0.15, -0.1) is 0 Å². The third-order valence-corrected chi connectivity index (χ3v) is 5.31. The van der Waals surface area contributed by atoms with Gasteiger partial charge < -0.3 is 4.42 Å². The molecule has 0 N–H and O–H groups in total. The maximum absolute atomic E-state index is 12.0. The van der Waals surface area contributed by atoms with E-state index in [0.717, 1.165) is 62.2 Å². The molecule has 2 heterocycles. The van der Waals surface area contributed by atoms with E-state index in [9.17, 15) is 4.79 Å².